The number of anilines is 4. The Morgan fingerprint density at radius 1 is 0.290 bits per heavy atom. The predicted molar refractivity (Wildman–Crippen MR) is 404 cm³/mol. The molecule has 8 aromatic carbocycles. The van der Waals surface area contributed by atoms with Gasteiger partial charge in [0.25, 0.3) is 0 Å². The van der Waals surface area contributed by atoms with Crippen LogP contribution < -0.4 is 9.80 Å². The number of fused-ring (bicyclic) bond motifs is 9. The van der Waals surface area contributed by atoms with Gasteiger partial charge in [0.15, 0.2) is 0 Å². The van der Waals surface area contributed by atoms with Crippen LogP contribution in [0.25, 0.3) is 33.4 Å². The summed E-state index contributed by atoms with van der Waals surface area (Å²) in [5, 5.41) is 0. The van der Waals surface area contributed by atoms with Gasteiger partial charge in [0.1, 0.15) is 0 Å². The molecule has 0 saturated heterocycles. The molecule has 0 heterocycles. The number of benzene rings is 8. The second-order valence-electron chi connectivity index (χ2n) is 32.2. The molecule has 3 aliphatic rings. The molecule has 3 aliphatic carbocycles. The van der Waals surface area contributed by atoms with Gasteiger partial charge in [0.2, 0.25) is 0 Å². The van der Waals surface area contributed by atoms with Crippen LogP contribution in [0.2, 0.25) is 0 Å². The average molecular weight is 1240 g/mol. The summed E-state index contributed by atoms with van der Waals surface area (Å²) < 4.78 is 0. The van der Waals surface area contributed by atoms with Crippen LogP contribution in [0, 0.1) is 35.5 Å². The van der Waals surface area contributed by atoms with Crippen molar-refractivity contribution in [2.75, 3.05) is 9.80 Å². The Hall–Kier alpha value is -6.64. The molecule has 0 aliphatic heterocycles. The van der Waals surface area contributed by atoms with E-state index in [2.05, 4.69) is 303 Å². The van der Waals surface area contributed by atoms with Crippen molar-refractivity contribution in [3.05, 3.63) is 226 Å². The third-order valence-corrected chi connectivity index (χ3v) is 22.2. The van der Waals surface area contributed by atoms with Crippen LogP contribution in [-0.4, -0.2) is 0 Å². The van der Waals surface area contributed by atoms with Gasteiger partial charge >= 0.3 is 0 Å². The Kier molecular flexibility index (Phi) is 20.4. The fourth-order valence-electron chi connectivity index (χ4n) is 19.5. The second kappa shape index (κ2) is 28.0. The lowest BCUT2D eigenvalue weighted by Crippen LogP contribution is -2.44. The maximum atomic E-state index is 2.88. The molecule has 0 N–H and O–H groups in total. The van der Waals surface area contributed by atoms with Crippen molar-refractivity contribution in [1.82, 2.24) is 0 Å². The van der Waals surface area contributed by atoms with Crippen molar-refractivity contribution in [2.45, 2.75) is 241 Å². The van der Waals surface area contributed by atoms with Gasteiger partial charge in [-0.1, -0.05) is 282 Å². The van der Waals surface area contributed by atoms with Crippen LogP contribution in [0.4, 0.5) is 22.7 Å². The van der Waals surface area contributed by atoms with Crippen LogP contribution in [0.5, 0.6) is 0 Å². The van der Waals surface area contributed by atoms with Crippen molar-refractivity contribution >= 4 is 22.7 Å². The van der Waals surface area contributed by atoms with Gasteiger partial charge in [-0.3, -0.25) is 0 Å². The lowest BCUT2D eigenvalue weighted by molar-refractivity contribution is 0.332. The summed E-state index contributed by atoms with van der Waals surface area (Å²) in [5.41, 5.74) is 24.7. The van der Waals surface area contributed by atoms with Gasteiger partial charge in [-0.05, 0) is 227 Å². The standard InChI is InChI=1S/C91H116N2/c1-17-20-22-33-51-87(16,92(71-34-25-23-26-35-71)73-44-48-79-76-39-30-32-41-82(76)89(59-65(8)9,60-66(10)11)85(79)55-73)69-42-46-78-80-49-45-74(56-86(80)90(61-67(12)13,62-68(14)15)83(78)53-69)93(72-36-27-24-28-37-72)91(50-19-3,52-21-18-2)70-43-47-77-75-38-29-31-40-81(75)88(57-63(4)5,58-64(6)7)84(77)54-70/h23-32,34-49,53-56,63-68H,17-22,33,50-52,57-62H2,1-16H3. The molecular formula is C91H116N2. The minimum absolute atomic E-state index is 0.0553. The Bertz CT molecular complexity index is 3790. The highest BCUT2D eigenvalue weighted by molar-refractivity contribution is 5.87. The number of unbranched alkanes of at least 4 members (excludes halogenated alkanes) is 4. The number of hydrogen-bond donors (Lipinski definition) is 0. The highest BCUT2D eigenvalue weighted by Gasteiger charge is 2.50. The van der Waals surface area contributed by atoms with Crippen LogP contribution in [0.15, 0.2) is 182 Å². The molecule has 93 heavy (non-hydrogen) atoms. The van der Waals surface area contributed by atoms with Gasteiger partial charge in [0.05, 0.1) is 11.1 Å². The molecule has 490 valence electrons. The van der Waals surface area contributed by atoms with Gasteiger partial charge in [0, 0.05) is 39.0 Å². The molecule has 0 fully saturated rings. The van der Waals surface area contributed by atoms with Gasteiger partial charge in [-0.15, -0.1) is 0 Å². The Morgan fingerprint density at radius 3 is 1.08 bits per heavy atom. The fourth-order valence-corrected chi connectivity index (χ4v) is 19.5. The largest absolute Gasteiger partial charge is 0.331 e. The van der Waals surface area contributed by atoms with Crippen molar-refractivity contribution in [2.24, 2.45) is 35.5 Å². The molecule has 8 aromatic rings. The summed E-state index contributed by atoms with van der Waals surface area (Å²) in [6.45, 7) is 39.3. The summed E-state index contributed by atoms with van der Waals surface area (Å²) in [6.07, 6.45) is 18.0. The van der Waals surface area contributed by atoms with E-state index in [0.717, 1.165) is 83.5 Å². The molecule has 0 bridgehead atoms. The molecule has 0 aromatic heterocycles. The highest BCUT2D eigenvalue weighted by atomic mass is 15.2. The van der Waals surface area contributed by atoms with Crippen molar-refractivity contribution in [1.29, 1.82) is 0 Å². The second-order valence-corrected chi connectivity index (χ2v) is 32.2. The van der Waals surface area contributed by atoms with E-state index in [1.807, 2.05) is 0 Å². The first-order valence-corrected chi connectivity index (χ1v) is 37.2. The van der Waals surface area contributed by atoms with Gasteiger partial charge in [-0.2, -0.15) is 0 Å². The number of nitrogens with zero attached hydrogens (tertiary/aromatic N) is 2. The molecular weight excluding hydrogens is 1120 g/mol. The molecule has 11 rings (SSSR count). The van der Waals surface area contributed by atoms with Crippen LogP contribution in [0.1, 0.15) is 258 Å². The summed E-state index contributed by atoms with van der Waals surface area (Å²) in [6, 6.07) is 73.5. The van der Waals surface area contributed by atoms with Crippen LogP contribution in [0.3, 0.4) is 0 Å². The van der Waals surface area contributed by atoms with E-state index in [1.165, 1.54) is 114 Å². The first kappa shape index (κ1) is 67.8. The van der Waals surface area contributed by atoms with E-state index in [0.29, 0.717) is 35.5 Å². The lowest BCUT2D eigenvalue weighted by Gasteiger charge is -2.48. The zero-order chi connectivity index (χ0) is 66.0. The van der Waals surface area contributed by atoms with Crippen LogP contribution in [-0.2, 0) is 27.3 Å². The summed E-state index contributed by atoms with van der Waals surface area (Å²) in [5.74, 6) is 3.10. The maximum absolute atomic E-state index is 2.88. The number of rotatable bonds is 30. The topological polar surface area (TPSA) is 6.48 Å². The molecule has 0 radical (unpaired) electrons. The van der Waals surface area contributed by atoms with Gasteiger partial charge in [-0.25, -0.2) is 0 Å². The van der Waals surface area contributed by atoms with E-state index in [-0.39, 0.29) is 21.8 Å². The number of hydrogen-bond acceptors (Lipinski definition) is 2. The first-order valence-electron chi connectivity index (χ1n) is 37.2. The number of para-hydroxylation sites is 2. The molecule has 2 unspecified atom stereocenters. The Morgan fingerprint density at radius 2 is 0.645 bits per heavy atom. The van der Waals surface area contributed by atoms with E-state index in [4.69, 9.17) is 0 Å². The third kappa shape index (κ3) is 12.6. The van der Waals surface area contributed by atoms with Gasteiger partial charge < -0.3 is 9.80 Å². The zero-order valence-corrected chi connectivity index (χ0v) is 60.5. The molecule has 2 nitrogen and oxygen atoms in total. The van der Waals surface area contributed by atoms with E-state index < -0.39 is 5.54 Å². The maximum Gasteiger partial charge on any atom is 0.0702 e. The van der Waals surface area contributed by atoms with Crippen molar-refractivity contribution in [3.63, 3.8) is 0 Å². The molecule has 0 amide bonds. The fraction of sp³-hybridized carbons (Fsp3) is 0.473. The normalized spacial score (nSPS) is 15.9. The Balaban J connectivity index is 1.13. The zero-order valence-electron chi connectivity index (χ0n) is 60.5. The van der Waals surface area contributed by atoms with E-state index >= 15 is 0 Å². The minimum atomic E-state index is -0.397. The summed E-state index contributed by atoms with van der Waals surface area (Å²) in [7, 11) is 0. The summed E-state index contributed by atoms with van der Waals surface area (Å²) >= 11 is 0. The van der Waals surface area contributed by atoms with E-state index in [9.17, 15) is 0 Å². The van der Waals surface area contributed by atoms with Crippen molar-refractivity contribution < 1.29 is 0 Å². The Labute approximate surface area is 565 Å². The molecule has 2 atom stereocenters. The molecule has 2 heteroatoms. The van der Waals surface area contributed by atoms with Crippen LogP contribution >= 0.6 is 0 Å². The third-order valence-electron chi connectivity index (χ3n) is 22.2. The first-order chi connectivity index (χ1) is 44.7. The SMILES string of the molecule is CCCCCCC(C)(c1ccc2c(c1)C(CC(C)C)(CC(C)C)c1cc(N(c3ccccc3)C(CCC)(CCCC)c3ccc4c(c3)C(CC(C)C)(CC(C)C)c3ccccc3-4)ccc1-2)N(c1ccccc1)c1ccc2c(c1)C(CC(C)C)(CC(C)C)c1ccccc1-2. The smallest absolute Gasteiger partial charge is 0.0702 e. The monoisotopic (exact) mass is 1240 g/mol. The molecule has 0 saturated carbocycles. The van der Waals surface area contributed by atoms with Crippen molar-refractivity contribution in [3.8, 4) is 33.4 Å². The lowest BCUT2D eigenvalue weighted by atomic mass is 9.66. The summed E-state index contributed by atoms with van der Waals surface area (Å²) in [4.78, 5) is 5.69. The molecule has 0 spiro atoms. The van der Waals surface area contributed by atoms with E-state index in [1.54, 1.807) is 5.56 Å². The highest BCUT2D eigenvalue weighted by Crippen LogP contribution is 2.62. The predicted octanol–water partition coefficient (Wildman–Crippen LogP) is 26.8. The minimum Gasteiger partial charge on any atom is -0.331 e. The quantitative estimate of drug-likeness (QED) is 0.0414. The average Bonchev–Trinajstić information content (AvgIpc) is 1.60.